The molecule has 0 fully saturated rings. The van der Waals surface area contributed by atoms with E-state index >= 15 is 0 Å². The van der Waals surface area contributed by atoms with Crippen LogP contribution in [0.5, 0.6) is 0 Å². The number of furan rings is 1. The Kier molecular flexibility index (Phi) is 3.62. The highest BCUT2D eigenvalue weighted by atomic mass is 32.2. The third kappa shape index (κ3) is 3.07. The molecule has 0 unspecified atom stereocenters. The molecule has 1 heterocycles. The Morgan fingerprint density at radius 2 is 1.94 bits per heavy atom. The quantitative estimate of drug-likeness (QED) is 0.796. The fraction of sp³-hybridized carbons (Fsp3) is 0.154. The van der Waals surface area contributed by atoms with Crippen LogP contribution in [0.15, 0.2) is 56.4 Å². The minimum absolute atomic E-state index is 0.198. The molecular formula is C13H13NO3S. The molecule has 0 aliphatic rings. The Labute approximate surface area is 106 Å². The van der Waals surface area contributed by atoms with Gasteiger partial charge in [0.05, 0.1) is 11.2 Å². The minimum atomic E-state index is -3.60. The second-order valence-electron chi connectivity index (χ2n) is 3.86. The van der Waals surface area contributed by atoms with Crippen LogP contribution < -0.4 is 0 Å². The van der Waals surface area contributed by atoms with E-state index in [2.05, 4.69) is 4.40 Å². The molecule has 5 heteroatoms. The number of nitrogens with zero attached hydrogens (tertiary/aromatic N) is 1. The lowest BCUT2D eigenvalue weighted by atomic mass is 10.2. The van der Waals surface area contributed by atoms with Crippen LogP contribution in [-0.2, 0) is 16.4 Å². The molecule has 0 spiro atoms. The summed E-state index contributed by atoms with van der Waals surface area (Å²) in [4.78, 5) is 0.198. The summed E-state index contributed by atoms with van der Waals surface area (Å²) in [6.45, 7) is 1.90. The lowest BCUT2D eigenvalue weighted by molar-refractivity contribution is 0.527. The van der Waals surface area contributed by atoms with Crippen molar-refractivity contribution in [1.29, 1.82) is 0 Å². The van der Waals surface area contributed by atoms with Gasteiger partial charge in [0, 0.05) is 12.6 Å². The molecule has 94 valence electrons. The predicted molar refractivity (Wildman–Crippen MR) is 69.3 cm³/mol. The SMILES string of the molecule is Cc1ccc(S(=O)(=O)/N=C/Cc2ccco2)cc1. The molecule has 2 rings (SSSR count). The Bertz CT molecular complexity index is 625. The average molecular weight is 263 g/mol. The number of sulfonamides is 1. The summed E-state index contributed by atoms with van der Waals surface area (Å²) in [5, 5.41) is 0. The van der Waals surface area contributed by atoms with Gasteiger partial charge in [0.15, 0.2) is 0 Å². The first-order valence-electron chi connectivity index (χ1n) is 5.46. The molecule has 0 saturated heterocycles. The summed E-state index contributed by atoms with van der Waals surface area (Å²) in [5.41, 5.74) is 1.01. The lowest BCUT2D eigenvalue weighted by Crippen LogP contribution is -1.98. The van der Waals surface area contributed by atoms with Gasteiger partial charge in [-0.2, -0.15) is 12.8 Å². The zero-order chi connectivity index (χ0) is 13.0. The van der Waals surface area contributed by atoms with Crippen molar-refractivity contribution in [2.75, 3.05) is 0 Å². The smallest absolute Gasteiger partial charge is 0.281 e. The third-order valence-corrected chi connectivity index (χ3v) is 3.70. The highest BCUT2D eigenvalue weighted by Gasteiger charge is 2.10. The highest BCUT2D eigenvalue weighted by Crippen LogP contribution is 2.12. The second-order valence-corrected chi connectivity index (χ2v) is 5.49. The van der Waals surface area contributed by atoms with Gasteiger partial charge in [-0.25, -0.2) is 0 Å². The van der Waals surface area contributed by atoms with Crippen molar-refractivity contribution in [3.63, 3.8) is 0 Å². The maximum atomic E-state index is 11.8. The van der Waals surface area contributed by atoms with Gasteiger partial charge in [-0.3, -0.25) is 0 Å². The van der Waals surface area contributed by atoms with Gasteiger partial charge in [-0.15, -0.1) is 0 Å². The summed E-state index contributed by atoms with van der Waals surface area (Å²) in [6.07, 6.45) is 3.24. The van der Waals surface area contributed by atoms with E-state index in [-0.39, 0.29) is 4.90 Å². The first-order chi connectivity index (χ1) is 8.58. The second kappa shape index (κ2) is 5.18. The molecule has 2 aromatic rings. The zero-order valence-corrected chi connectivity index (χ0v) is 10.7. The highest BCUT2D eigenvalue weighted by molar-refractivity contribution is 7.90. The Balaban J connectivity index is 2.12. The van der Waals surface area contributed by atoms with E-state index < -0.39 is 10.0 Å². The van der Waals surface area contributed by atoms with Crippen molar-refractivity contribution in [3.05, 3.63) is 54.0 Å². The van der Waals surface area contributed by atoms with E-state index in [1.54, 1.807) is 36.4 Å². The molecule has 4 nitrogen and oxygen atoms in total. The van der Waals surface area contributed by atoms with Crippen molar-refractivity contribution in [1.82, 2.24) is 0 Å². The molecule has 0 aliphatic heterocycles. The summed E-state index contributed by atoms with van der Waals surface area (Å²) >= 11 is 0. The third-order valence-electron chi connectivity index (χ3n) is 2.40. The lowest BCUT2D eigenvalue weighted by Gasteiger charge is -1.98. The molecule has 0 saturated carbocycles. The number of hydrogen-bond donors (Lipinski definition) is 0. The molecule has 18 heavy (non-hydrogen) atoms. The Hall–Kier alpha value is -1.88. The molecule has 0 aliphatic carbocycles. The van der Waals surface area contributed by atoms with E-state index in [1.807, 2.05) is 6.92 Å². The fourth-order valence-electron chi connectivity index (χ4n) is 1.43. The summed E-state index contributed by atoms with van der Waals surface area (Å²) in [7, 11) is -3.60. The monoisotopic (exact) mass is 263 g/mol. The maximum Gasteiger partial charge on any atom is 0.281 e. The number of hydrogen-bond acceptors (Lipinski definition) is 3. The zero-order valence-electron chi connectivity index (χ0n) is 9.91. The molecule has 0 amide bonds. The summed E-state index contributed by atoms with van der Waals surface area (Å²) < 4.78 is 32.4. The Morgan fingerprint density at radius 3 is 2.56 bits per heavy atom. The van der Waals surface area contributed by atoms with Gasteiger partial charge in [0.2, 0.25) is 0 Å². The van der Waals surface area contributed by atoms with E-state index in [1.165, 1.54) is 12.5 Å². The van der Waals surface area contributed by atoms with Gasteiger partial charge in [0.1, 0.15) is 5.76 Å². The predicted octanol–water partition coefficient (Wildman–Crippen LogP) is 2.59. The van der Waals surface area contributed by atoms with Crippen molar-refractivity contribution in [2.24, 2.45) is 4.40 Å². The summed E-state index contributed by atoms with van der Waals surface area (Å²) in [6, 6.07) is 10.1. The number of aryl methyl sites for hydroxylation is 1. The summed E-state index contributed by atoms with van der Waals surface area (Å²) in [5.74, 6) is 0.679. The topological polar surface area (TPSA) is 59.6 Å². The fourth-order valence-corrected chi connectivity index (χ4v) is 2.30. The average Bonchev–Trinajstić information content (AvgIpc) is 2.82. The molecule has 0 N–H and O–H groups in total. The molecule has 0 radical (unpaired) electrons. The van der Waals surface area contributed by atoms with Crippen LogP contribution in [0.1, 0.15) is 11.3 Å². The molecular weight excluding hydrogens is 250 g/mol. The number of benzene rings is 1. The van der Waals surface area contributed by atoms with E-state index in [9.17, 15) is 8.42 Å². The maximum absolute atomic E-state index is 11.8. The minimum Gasteiger partial charge on any atom is -0.469 e. The van der Waals surface area contributed by atoms with Crippen molar-refractivity contribution >= 4 is 16.2 Å². The van der Waals surface area contributed by atoms with Gasteiger partial charge in [-0.1, -0.05) is 17.7 Å². The van der Waals surface area contributed by atoms with E-state index in [0.717, 1.165) is 5.56 Å². The number of rotatable bonds is 4. The molecule has 0 atom stereocenters. The van der Waals surface area contributed by atoms with Crippen LogP contribution >= 0.6 is 0 Å². The van der Waals surface area contributed by atoms with Crippen LogP contribution in [-0.4, -0.2) is 14.6 Å². The van der Waals surface area contributed by atoms with Crippen molar-refractivity contribution < 1.29 is 12.8 Å². The standard InChI is InChI=1S/C13H13NO3S/c1-11-4-6-13(7-5-11)18(15,16)14-9-8-12-3-2-10-17-12/h2-7,9-10H,8H2,1H3/b14-9+. The van der Waals surface area contributed by atoms with Crippen LogP contribution in [0.2, 0.25) is 0 Å². The first-order valence-corrected chi connectivity index (χ1v) is 6.90. The van der Waals surface area contributed by atoms with Gasteiger partial charge in [0.25, 0.3) is 10.0 Å². The first kappa shape index (κ1) is 12.6. The van der Waals surface area contributed by atoms with Crippen LogP contribution in [0, 0.1) is 6.92 Å². The molecule has 0 bridgehead atoms. The van der Waals surface area contributed by atoms with Crippen molar-refractivity contribution in [3.8, 4) is 0 Å². The Morgan fingerprint density at radius 1 is 1.22 bits per heavy atom. The van der Waals surface area contributed by atoms with Gasteiger partial charge >= 0.3 is 0 Å². The normalized spacial score (nSPS) is 12.1. The molecule has 1 aromatic carbocycles. The van der Waals surface area contributed by atoms with Crippen molar-refractivity contribution in [2.45, 2.75) is 18.2 Å². The largest absolute Gasteiger partial charge is 0.469 e. The van der Waals surface area contributed by atoms with Gasteiger partial charge < -0.3 is 4.42 Å². The van der Waals surface area contributed by atoms with Crippen LogP contribution in [0.25, 0.3) is 0 Å². The van der Waals surface area contributed by atoms with E-state index in [4.69, 9.17) is 4.42 Å². The van der Waals surface area contributed by atoms with E-state index in [0.29, 0.717) is 12.2 Å². The van der Waals surface area contributed by atoms with Crippen LogP contribution in [0.3, 0.4) is 0 Å². The van der Waals surface area contributed by atoms with Crippen LogP contribution in [0.4, 0.5) is 0 Å². The molecule has 1 aromatic heterocycles. The van der Waals surface area contributed by atoms with Gasteiger partial charge in [-0.05, 0) is 31.2 Å².